The van der Waals surface area contributed by atoms with Crippen LogP contribution in [0.25, 0.3) is 11.0 Å². The van der Waals surface area contributed by atoms with Crippen molar-refractivity contribution in [2.45, 2.75) is 13.2 Å². The molecule has 1 aliphatic heterocycles. The molecule has 0 fully saturated rings. The number of aromatic nitrogens is 3. The molecule has 24 heavy (non-hydrogen) atoms. The zero-order valence-corrected chi connectivity index (χ0v) is 12.9. The second kappa shape index (κ2) is 5.93. The van der Waals surface area contributed by atoms with Gasteiger partial charge in [0.1, 0.15) is 18.1 Å². The Morgan fingerprint density at radius 1 is 1.33 bits per heavy atom. The van der Waals surface area contributed by atoms with Crippen molar-refractivity contribution in [3.63, 3.8) is 0 Å². The Morgan fingerprint density at radius 2 is 2.25 bits per heavy atom. The first-order valence-corrected chi connectivity index (χ1v) is 7.69. The first kappa shape index (κ1) is 14.6. The maximum atomic E-state index is 12.8. The fourth-order valence-electron chi connectivity index (χ4n) is 2.83. The van der Waals surface area contributed by atoms with Gasteiger partial charge < -0.3 is 14.7 Å². The SMILES string of the molecule is O=C(c1ccc2cn[nH]c2n1)N1CCOc2ccc(CO)cc2C1. The maximum absolute atomic E-state index is 12.8. The van der Waals surface area contributed by atoms with Crippen molar-refractivity contribution in [2.24, 2.45) is 0 Å². The Morgan fingerprint density at radius 3 is 3.12 bits per heavy atom. The monoisotopic (exact) mass is 324 g/mol. The number of hydrogen-bond acceptors (Lipinski definition) is 5. The second-order valence-electron chi connectivity index (χ2n) is 5.68. The Labute approximate surface area is 137 Å². The number of benzene rings is 1. The van der Waals surface area contributed by atoms with Gasteiger partial charge in [0, 0.05) is 17.5 Å². The van der Waals surface area contributed by atoms with Crippen molar-refractivity contribution in [3.8, 4) is 5.75 Å². The van der Waals surface area contributed by atoms with Gasteiger partial charge >= 0.3 is 0 Å². The maximum Gasteiger partial charge on any atom is 0.272 e. The molecule has 7 nitrogen and oxygen atoms in total. The van der Waals surface area contributed by atoms with Gasteiger partial charge in [0.2, 0.25) is 0 Å². The average molecular weight is 324 g/mol. The molecule has 0 spiro atoms. The first-order valence-electron chi connectivity index (χ1n) is 7.69. The third kappa shape index (κ3) is 2.59. The number of aliphatic hydroxyl groups is 1. The van der Waals surface area contributed by atoms with Crippen molar-refractivity contribution in [3.05, 3.63) is 53.3 Å². The van der Waals surface area contributed by atoms with Crippen molar-refractivity contribution in [1.82, 2.24) is 20.1 Å². The zero-order chi connectivity index (χ0) is 16.5. The van der Waals surface area contributed by atoms with E-state index >= 15 is 0 Å². The topological polar surface area (TPSA) is 91.3 Å². The number of nitrogens with one attached hydrogen (secondary N) is 1. The van der Waals surface area contributed by atoms with Crippen LogP contribution in [0.15, 0.2) is 36.5 Å². The van der Waals surface area contributed by atoms with Crippen LogP contribution in [0.2, 0.25) is 0 Å². The number of amides is 1. The normalized spacial score (nSPS) is 14.1. The molecule has 7 heteroatoms. The summed E-state index contributed by atoms with van der Waals surface area (Å²) in [4.78, 5) is 18.9. The van der Waals surface area contributed by atoms with Crippen LogP contribution in [0.4, 0.5) is 0 Å². The summed E-state index contributed by atoms with van der Waals surface area (Å²) in [5, 5.41) is 16.9. The van der Waals surface area contributed by atoms with Gasteiger partial charge in [-0.3, -0.25) is 9.89 Å². The van der Waals surface area contributed by atoms with Crippen LogP contribution in [0, 0.1) is 0 Å². The van der Waals surface area contributed by atoms with E-state index in [1.165, 1.54) is 0 Å². The van der Waals surface area contributed by atoms with E-state index in [1.54, 1.807) is 17.2 Å². The molecule has 2 aromatic heterocycles. The third-order valence-electron chi connectivity index (χ3n) is 4.09. The van der Waals surface area contributed by atoms with Crippen LogP contribution in [0.5, 0.6) is 5.75 Å². The highest BCUT2D eigenvalue weighted by Gasteiger charge is 2.22. The smallest absolute Gasteiger partial charge is 0.272 e. The minimum Gasteiger partial charge on any atom is -0.491 e. The Hall–Kier alpha value is -2.93. The number of carbonyl (C=O) groups is 1. The molecule has 0 unspecified atom stereocenters. The third-order valence-corrected chi connectivity index (χ3v) is 4.09. The number of hydrogen-bond donors (Lipinski definition) is 2. The molecule has 1 amide bonds. The molecule has 0 radical (unpaired) electrons. The largest absolute Gasteiger partial charge is 0.491 e. The summed E-state index contributed by atoms with van der Waals surface area (Å²) in [6.45, 7) is 1.28. The van der Waals surface area contributed by atoms with Crippen LogP contribution in [0.1, 0.15) is 21.6 Å². The zero-order valence-electron chi connectivity index (χ0n) is 12.9. The fraction of sp³-hybridized carbons (Fsp3) is 0.235. The van der Waals surface area contributed by atoms with Gasteiger partial charge in [-0.15, -0.1) is 0 Å². The summed E-state index contributed by atoms with van der Waals surface area (Å²) in [5.74, 6) is 0.594. The predicted molar refractivity (Wildman–Crippen MR) is 86.5 cm³/mol. The number of pyridine rings is 1. The molecule has 0 saturated carbocycles. The predicted octanol–water partition coefficient (Wildman–Crippen LogP) is 1.48. The Balaban J connectivity index is 1.63. The van der Waals surface area contributed by atoms with Crippen LogP contribution in [-0.4, -0.2) is 44.2 Å². The molecule has 122 valence electrons. The lowest BCUT2D eigenvalue weighted by molar-refractivity contribution is 0.0727. The molecule has 1 aromatic carbocycles. The Bertz CT molecular complexity index is 906. The van der Waals surface area contributed by atoms with Crippen molar-refractivity contribution < 1.29 is 14.6 Å². The molecule has 2 N–H and O–H groups in total. The van der Waals surface area contributed by atoms with Gasteiger partial charge in [-0.05, 0) is 29.8 Å². The van der Waals surface area contributed by atoms with Gasteiger partial charge in [-0.2, -0.15) is 5.10 Å². The summed E-state index contributed by atoms with van der Waals surface area (Å²) >= 11 is 0. The van der Waals surface area contributed by atoms with Gasteiger partial charge in [0.25, 0.3) is 5.91 Å². The number of ether oxygens (including phenoxy) is 1. The summed E-state index contributed by atoms with van der Waals surface area (Å²) in [7, 11) is 0. The molecule has 1 aliphatic rings. The standard InChI is InChI=1S/C17H16N4O3/c22-10-11-1-4-15-13(7-11)9-21(5-6-24-15)17(23)14-3-2-12-8-18-20-16(12)19-14/h1-4,7-8,22H,5-6,9-10H2,(H,18,19,20). The highest BCUT2D eigenvalue weighted by Crippen LogP contribution is 2.25. The van der Waals surface area contributed by atoms with Crippen LogP contribution >= 0.6 is 0 Å². The van der Waals surface area contributed by atoms with E-state index in [0.29, 0.717) is 31.0 Å². The van der Waals surface area contributed by atoms with E-state index in [4.69, 9.17) is 4.74 Å². The molecule has 4 rings (SSSR count). The molecule has 0 bridgehead atoms. The van der Waals surface area contributed by atoms with Crippen molar-refractivity contribution in [1.29, 1.82) is 0 Å². The summed E-state index contributed by atoms with van der Waals surface area (Å²) < 4.78 is 5.71. The van der Waals surface area contributed by atoms with E-state index < -0.39 is 0 Å². The first-order chi connectivity index (χ1) is 11.7. The molecule has 3 heterocycles. The Kier molecular flexibility index (Phi) is 3.62. The van der Waals surface area contributed by atoms with Gasteiger partial charge in [0.05, 0.1) is 19.3 Å². The number of nitrogens with zero attached hydrogens (tertiary/aromatic N) is 3. The fourth-order valence-corrected chi connectivity index (χ4v) is 2.83. The lowest BCUT2D eigenvalue weighted by Crippen LogP contribution is -2.33. The highest BCUT2D eigenvalue weighted by atomic mass is 16.5. The summed E-state index contributed by atoms with van der Waals surface area (Å²) in [5.41, 5.74) is 2.64. The van der Waals surface area contributed by atoms with E-state index in [9.17, 15) is 9.90 Å². The van der Waals surface area contributed by atoms with Gasteiger partial charge in [-0.1, -0.05) is 6.07 Å². The van der Waals surface area contributed by atoms with Crippen LogP contribution in [-0.2, 0) is 13.2 Å². The molecule has 0 saturated heterocycles. The number of rotatable bonds is 2. The molecular weight excluding hydrogens is 308 g/mol. The number of aliphatic hydroxyl groups excluding tert-OH is 1. The quantitative estimate of drug-likeness (QED) is 0.745. The summed E-state index contributed by atoms with van der Waals surface area (Å²) in [6.07, 6.45) is 1.67. The number of H-pyrrole nitrogens is 1. The van der Waals surface area contributed by atoms with Crippen molar-refractivity contribution in [2.75, 3.05) is 13.2 Å². The molecular formula is C17H16N4O3. The minimum atomic E-state index is -0.155. The van der Waals surface area contributed by atoms with Crippen molar-refractivity contribution >= 4 is 16.9 Å². The van der Waals surface area contributed by atoms with E-state index in [0.717, 1.165) is 22.3 Å². The van der Waals surface area contributed by atoms with Crippen LogP contribution < -0.4 is 4.74 Å². The summed E-state index contributed by atoms with van der Waals surface area (Å²) in [6, 6.07) is 9.06. The van der Waals surface area contributed by atoms with E-state index in [-0.39, 0.29) is 12.5 Å². The van der Waals surface area contributed by atoms with Gasteiger partial charge in [0.15, 0.2) is 5.65 Å². The number of carbonyl (C=O) groups excluding carboxylic acids is 1. The molecule has 3 aromatic rings. The minimum absolute atomic E-state index is 0.0424. The lowest BCUT2D eigenvalue weighted by atomic mass is 10.1. The highest BCUT2D eigenvalue weighted by molar-refractivity contribution is 5.94. The number of aromatic amines is 1. The van der Waals surface area contributed by atoms with E-state index in [1.807, 2.05) is 24.3 Å². The number of fused-ring (bicyclic) bond motifs is 2. The molecule has 0 aliphatic carbocycles. The lowest BCUT2D eigenvalue weighted by Gasteiger charge is -2.19. The second-order valence-corrected chi connectivity index (χ2v) is 5.68. The van der Waals surface area contributed by atoms with Gasteiger partial charge in [-0.25, -0.2) is 4.98 Å². The van der Waals surface area contributed by atoms with E-state index in [2.05, 4.69) is 15.2 Å². The average Bonchev–Trinajstić information content (AvgIpc) is 2.98. The van der Waals surface area contributed by atoms with Crippen LogP contribution in [0.3, 0.4) is 0 Å². The molecule has 0 atom stereocenters.